The molecule has 4 aromatic rings. The third-order valence-corrected chi connectivity index (χ3v) is 7.19. The van der Waals surface area contributed by atoms with Crippen molar-refractivity contribution in [3.05, 3.63) is 79.1 Å². The first-order chi connectivity index (χ1) is 21.0. The maximum Gasteiger partial charge on any atom is 0.321 e. The van der Waals surface area contributed by atoms with Crippen LogP contribution in [-0.4, -0.2) is 89.9 Å². The average Bonchev–Trinajstić information content (AvgIpc) is 3.60. The van der Waals surface area contributed by atoms with E-state index >= 15 is 0 Å². The van der Waals surface area contributed by atoms with Crippen LogP contribution in [0.25, 0.3) is 5.82 Å². The number of benzene rings is 2. The molecular weight excluding hydrogens is 552 g/mol. The number of para-hydroxylation sites is 1. The number of rotatable bonds is 10. The van der Waals surface area contributed by atoms with Crippen LogP contribution < -0.4 is 29.7 Å². The first-order valence-corrected chi connectivity index (χ1v) is 13.7. The largest absolute Gasteiger partial charge is 0.497 e. The second-order valence-electron chi connectivity index (χ2n) is 9.71. The number of anilines is 2. The van der Waals surface area contributed by atoms with Gasteiger partial charge in [0.15, 0.2) is 11.5 Å². The minimum Gasteiger partial charge on any atom is -0.497 e. The number of amides is 3. The lowest BCUT2D eigenvalue weighted by molar-refractivity contribution is -0.123. The summed E-state index contributed by atoms with van der Waals surface area (Å²) in [5.74, 6) is 2.91. The standard InChI is InChI=1S/C30H34N8O5/c1-41-23-9-7-22(8-10-23)35-30(40)36-15-16-38(27-17-26(33-19-34-27)37-14-13-31-20-37)24(18-36)29(39)32-12-11-21-5-4-6-25(42-2)28(21)43-3/h4-10,13-14,17,19-20,24H,11-12,15-16,18H2,1-3H3,(H,32,39)(H,35,40). The molecule has 0 radical (unpaired) electrons. The van der Waals surface area contributed by atoms with E-state index in [2.05, 4.69) is 25.6 Å². The average molecular weight is 587 g/mol. The fourth-order valence-electron chi connectivity index (χ4n) is 4.96. The number of carbonyl (C=O) groups is 2. The number of urea groups is 1. The zero-order valence-corrected chi connectivity index (χ0v) is 24.3. The number of hydrogen-bond donors (Lipinski definition) is 2. The van der Waals surface area contributed by atoms with Gasteiger partial charge in [0.05, 0.1) is 27.9 Å². The topological polar surface area (TPSA) is 136 Å². The van der Waals surface area contributed by atoms with Crippen LogP contribution in [0.15, 0.2) is 73.6 Å². The Kier molecular flexibility index (Phi) is 9.20. The lowest BCUT2D eigenvalue weighted by atomic mass is 10.1. The fourth-order valence-corrected chi connectivity index (χ4v) is 4.96. The van der Waals surface area contributed by atoms with Crippen molar-refractivity contribution in [2.45, 2.75) is 12.5 Å². The lowest BCUT2D eigenvalue weighted by Crippen LogP contribution is -2.61. The highest BCUT2D eigenvalue weighted by atomic mass is 16.5. The van der Waals surface area contributed by atoms with Gasteiger partial charge in [-0.2, -0.15) is 0 Å². The van der Waals surface area contributed by atoms with Crippen molar-refractivity contribution >= 4 is 23.4 Å². The van der Waals surface area contributed by atoms with Gasteiger partial charge in [-0.3, -0.25) is 9.36 Å². The van der Waals surface area contributed by atoms with Gasteiger partial charge in [0.25, 0.3) is 0 Å². The summed E-state index contributed by atoms with van der Waals surface area (Å²) in [6, 6.07) is 13.5. The number of ether oxygens (including phenoxy) is 3. The summed E-state index contributed by atoms with van der Waals surface area (Å²) in [6.45, 7) is 1.28. The van der Waals surface area contributed by atoms with Crippen molar-refractivity contribution in [3.8, 4) is 23.1 Å². The first kappa shape index (κ1) is 29.2. The van der Waals surface area contributed by atoms with Crippen LogP contribution in [0.1, 0.15) is 5.56 Å². The Hall–Kier alpha value is -5.33. The Balaban J connectivity index is 1.33. The molecule has 224 valence electrons. The highest BCUT2D eigenvalue weighted by Crippen LogP contribution is 2.31. The van der Waals surface area contributed by atoms with Gasteiger partial charge in [0.1, 0.15) is 36.1 Å². The van der Waals surface area contributed by atoms with Gasteiger partial charge in [-0.1, -0.05) is 12.1 Å². The first-order valence-electron chi connectivity index (χ1n) is 13.7. The van der Waals surface area contributed by atoms with Crippen LogP contribution in [0.5, 0.6) is 17.2 Å². The normalized spacial score (nSPS) is 14.6. The van der Waals surface area contributed by atoms with E-state index in [0.29, 0.717) is 60.6 Å². The molecule has 1 atom stereocenters. The highest BCUT2D eigenvalue weighted by Gasteiger charge is 2.35. The molecular formula is C30H34N8O5. The number of imidazole rings is 1. The smallest absolute Gasteiger partial charge is 0.321 e. The third kappa shape index (κ3) is 6.77. The zero-order chi connectivity index (χ0) is 30.2. The summed E-state index contributed by atoms with van der Waals surface area (Å²) >= 11 is 0. The van der Waals surface area contributed by atoms with Crippen LogP contribution in [0.3, 0.4) is 0 Å². The number of nitrogens with zero attached hydrogens (tertiary/aromatic N) is 6. The van der Waals surface area contributed by atoms with Crippen molar-refractivity contribution in [1.82, 2.24) is 29.7 Å². The van der Waals surface area contributed by atoms with Crippen molar-refractivity contribution in [1.29, 1.82) is 0 Å². The van der Waals surface area contributed by atoms with Gasteiger partial charge in [-0.05, 0) is 42.3 Å². The van der Waals surface area contributed by atoms with Gasteiger partial charge in [0, 0.05) is 43.8 Å². The van der Waals surface area contributed by atoms with E-state index in [1.807, 2.05) is 23.1 Å². The molecule has 1 saturated heterocycles. The van der Waals surface area contributed by atoms with E-state index in [9.17, 15) is 9.59 Å². The maximum atomic E-state index is 13.7. The van der Waals surface area contributed by atoms with E-state index in [-0.39, 0.29) is 18.5 Å². The summed E-state index contributed by atoms with van der Waals surface area (Å²) in [6.07, 6.45) is 7.07. The van der Waals surface area contributed by atoms with Gasteiger partial charge in [-0.15, -0.1) is 0 Å². The molecule has 0 aliphatic carbocycles. The van der Waals surface area contributed by atoms with Gasteiger partial charge in [0.2, 0.25) is 5.91 Å². The molecule has 5 rings (SSSR count). The van der Waals surface area contributed by atoms with Gasteiger partial charge >= 0.3 is 6.03 Å². The maximum absolute atomic E-state index is 13.7. The second-order valence-corrected chi connectivity index (χ2v) is 9.71. The minimum atomic E-state index is -0.701. The zero-order valence-electron chi connectivity index (χ0n) is 24.3. The van der Waals surface area contributed by atoms with Crippen LogP contribution in [0.4, 0.5) is 16.3 Å². The molecule has 3 amide bonds. The molecule has 2 aromatic heterocycles. The molecule has 2 aromatic carbocycles. The predicted octanol–water partition coefficient (Wildman–Crippen LogP) is 2.77. The summed E-state index contributed by atoms with van der Waals surface area (Å²) in [5, 5.41) is 5.96. The van der Waals surface area contributed by atoms with Gasteiger partial charge in [-0.25, -0.2) is 19.7 Å². The van der Waals surface area contributed by atoms with Crippen LogP contribution in [-0.2, 0) is 11.2 Å². The minimum absolute atomic E-state index is 0.153. The van der Waals surface area contributed by atoms with Crippen LogP contribution in [0.2, 0.25) is 0 Å². The summed E-state index contributed by atoms with van der Waals surface area (Å²) in [4.78, 5) is 43.4. The molecule has 0 bridgehead atoms. The number of aromatic nitrogens is 4. The van der Waals surface area contributed by atoms with E-state index in [1.165, 1.54) is 6.33 Å². The lowest BCUT2D eigenvalue weighted by Gasteiger charge is -2.41. The number of carbonyl (C=O) groups excluding carboxylic acids is 2. The quantitative estimate of drug-likeness (QED) is 0.288. The Labute approximate surface area is 249 Å². The van der Waals surface area contributed by atoms with E-state index in [0.717, 1.165) is 5.56 Å². The SMILES string of the molecule is COc1ccc(NC(=O)N2CCN(c3cc(-n4ccnc4)ncn3)C(C(=O)NCCc3cccc(OC)c3OC)C2)cc1. The molecule has 2 N–H and O–H groups in total. The molecule has 1 aliphatic heterocycles. The highest BCUT2D eigenvalue weighted by molar-refractivity contribution is 5.91. The monoisotopic (exact) mass is 586 g/mol. The van der Waals surface area contributed by atoms with Crippen molar-refractivity contribution in [2.75, 3.05) is 57.7 Å². The molecule has 1 fully saturated rings. The number of nitrogens with one attached hydrogen (secondary N) is 2. The van der Waals surface area contributed by atoms with E-state index in [1.54, 1.807) is 79.8 Å². The van der Waals surface area contributed by atoms with Crippen molar-refractivity contribution in [2.24, 2.45) is 0 Å². The molecule has 0 spiro atoms. The Morgan fingerprint density at radius 3 is 2.51 bits per heavy atom. The number of hydrogen-bond acceptors (Lipinski definition) is 9. The van der Waals surface area contributed by atoms with Crippen molar-refractivity contribution < 1.29 is 23.8 Å². The van der Waals surface area contributed by atoms with Gasteiger partial charge < -0.3 is 34.6 Å². The van der Waals surface area contributed by atoms with Crippen molar-refractivity contribution in [3.63, 3.8) is 0 Å². The van der Waals surface area contributed by atoms with Crippen LogP contribution in [0, 0.1) is 0 Å². The summed E-state index contributed by atoms with van der Waals surface area (Å²) in [7, 11) is 4.76. The fraction of sp³-hybridized carbons (Fsp3) is 0.300. The molecule has 1 unspecified atom stereocenters. The second kappa shape index (κ2) is 13.6. The molecule has 43 heavy (non-hydrogen) atoms. The molecule has 1 aliphatic rings. The van der Waals surface area contributed by atoms with Crippen LogP contribution >= 0.6 is 0 Å². The summed E-state index contributed by atoms with van der Waals surface area (Å²) < 4.78 is 17.9. The Morgan fingerprint density at radius 2 is 1.79 bits per heavy atom. The Morgan fingerprint density at radius 1 is 0.977 bits per heavy atom. The molecule has 0 saturated carbocycles. The summed E-state index contributed by atoms with van der Waals surface area (Å²) in [5.41, 5.74) is 1.53. The predicted molar refractivity (Wildman–Crippen MR) is 160 cm³/mol. The third-order valence-electron chi connectivity index (χ3n) is 7.19. The number of piperazine rings is 1. The Bertz CT molecular complexity index is 1530. The van der Waals surface area contributed by atoms with E-state index < -0.39 is 6.04 Å². The molecule has 13 heteroatoms. The molecule has 3 heterocycles. The molecule has 13 nitrogen and oxygen atoms in total. The number of methoxy groups -OCH3 is 3. The van der Waals surface area contributed by atoms with E-state index in [4.69, 9.17) is 14.2 Å².